The lowest BCUT2D eigenvalue weighted by Gasteiger charge is -2.44. The quantitative estimate of drug-likeness (QED) is 0.497. The second-order valence-corrected chi connectivity index (χ2v) is 5.44. The van der Waals surface area contributed by atoms with E-state index in [4.69, 9.17) is 11.6 Å². The number of hydrogen-bond acceptors (Lipinski definition) is 2. The Morgan fingerprint density at radius 1 is 1.43 bits per heavy atom. The minimum absolute atomic E-state index is 0.0660. The standard InChI is InChI=1S/C11H15ClO2/c1-10(2)7-3-4-8(13)11(10,6-5-7)9(12)14/h7H,3-6H2,1-2H3/t7?,11-/m0/s1. The third-order valence-corrected chi connectivity index (χ3v) is 4.84. The van der Waals surface area contributed by atoms with E-state index in [1.165, 1.54) is 0 Å². The van der Waals surface area contributed by atoms with Crippen molar-refractivity contribution in [3.8, 4) is 0 Å². The van der Waals surface area contributed by atoms with Gasteiger partial charge in [0.2, 0.25) is 5.24 Å². The Kier molecular flexibility index (Phi) is 2.04. The molecule has 0 aliphatic heterocycles. The summed E-state index contributed by atoms with van der Waals surface area (Å²) in [6, 6.07) is 0. The summed E-state index contributed by atoms with van der Waals surface area (Å²) in [5.74, 6) is 0.555. The van der Waals surface area contributed by atoms with Crippen LogP contribution >= 0.6 is 11.6 Å². The highest BCUT2D eigenvalue weighted by molar-refractivity contribution is 6.66. The summed E-state index contributed by atoms with van der Waals surface area (Å²) in [5.41, 5.74) is -1.10. The largest absolute Gasteiger partial charge is 0.299 e. The maximum atomic E-state index is 11.9. The van der Waals surface area contributed by atoms with Gasteiger partial charge in [0, 0.05) is 6.42 Å². The molecule has 0 aromatic heterocycles. The van der Waals surface area contributed by atoms with Crippen molar-refractivity contribution in [3.63, 3.8) is 0 Å². The van der Waals surface area contributed by atoms with Gasteiger partial charge in [-0.1, -0.05) is 13.8 Å². The van der Waals surface area contributed by atoms with E-state index in [0.29, 0.717) is 18.8 Å². The predicted octanol–water partition coefficient (Wildman–Crippen LogP) is 2.54. The molecule has 0 N–H and O–H groups in total. The van der Waals surface area contributed by atoms with Gasteiger partial charge < -0.3 is 0 Å². The second kappa shape index (κ2) is 2.82. The number of rotatable bonds is 1. The van der Waals surface area contributed by atoms with E-state index in [9.17, 15) is 9.59 Å². The molecule has 2 aliphatic rings. The van der Waals surface area contributed by atoms with E-state index in [0.717, 1.165) is 12.8 Å². The van der Waals surface area contributed by atoms with Crippen LogP contribution in [0, 0.1) is 16.7 Å². The zero-order chi connectivity index (χ0) is 10.6. The van der Waals surface area contributed by atoms with Gasteiger partial charge in [-0.15, -0.1) is 0 Å². The molecule has 14 heavy (non-hydrogen) atoms. The van der Waals surface area contributed by atoms with Crippen molar-refractivity contribution in [3.05, 3.63) is 0 Å². The van der Waals surface area contributed by atoms with Gasteiger partial charge in [-0.2, -0.15) is 0 Å². The van der Waals surface area contributed by atoms with Gasteiger partial charge in [0.05, 0.1) is 0 Å². The number of carbonyl (C=O) groups is 2. The number of hydrogen-bond donors (Lipinski definition) is 0. The molecule has 0 spiro atoms. The maximum Gasteiger partial charge on any atom is 0.235 e. The summed E-state index contributed by atoms with van der Waals surface area (Å²) in [6.07, 6.45) is 3.09. The van der Waals surface area contributed by atoms with Crippen LogP contribution in [0.4, 0.5) is 0 Å². The third kappa shape index (κ3) is 0.928. The average molecular weight is 215 g/mol. The Morgan fingerprint density at radius 3 is 2.57 bits per heavy atom. The smallest absolute Gasteiger partial charge is 0.235 e. The first-order valence-corrected chi connectivity index (χ1v) is 5.54. The van der Waals surface area contributed by atoms with Crippen molar-refractivity contribution in [2.45, 2.75) is 39.5 Å². The van der Waals surface area contributed by atoms with Crippen molar-refractivity contribution in [2.24, 2.45) is 16.7 Å². The molecule has 78 valence electrons. The van der Waals surface area contributed by atoms with Gasteiger partial charge in [0.15, 0.2) is 0 Å². The van der Waals surface area contributed by atoms with E-state index in [-0.39, 0.29) is 11.2 Å². The van der Waals surface area contributed by atoms with E-state index in [2.05, 4.69) is 0 Å². The van der Waals surface area contributed by atoms with Crippen LogP contribution < -0.4 is 0 Å². The number of ketones is 1. The zero-order valence-electron chi connectivity index (χ0n) is 8.60. The summed E-state index contributed by atoms with van der Waals surface area (Å²) in [4.78, 5) is 23.5. The molecule has 2 fully saturated rings. The van der Waals surface area contributed by atoms with Crippen LogP contribution in [0.5, 0.6) is 0 Å². The van der Waals surface area contributed by atoms with Gasteiger partial charge in [0.1, 0.15) is 11.2 Å². The van der Waals surface area contributed by atoms with E-state index >= 15 is 0 Å². The highest BCUT2D eigenvalue weighted by Crippen LogP contribution is 2.62. The van der Waals surface area contributed by atoms with E-state index in [1.54, 1.807) is 0 Å². The fraction of sp³-hybridized carbons (Fsp3) is 0.818. The lowest BCUT2D eigenvalue weighted by atomic mass is 9.58. The van der Waals surface area contributed by atoms with Gasteiger partial charge in [-0.05, 0) is 42.2 Å². The minimum atomic E-state index is -0.864. The van der Waals surface area contributed by atoms with Crippen LogP contribution in [0.25, 0.3) is 0 Å². The molecule has 2 atom stereocenters. The molecule has 1 unspecified atom stereocenters. The summed E-state index contributed by atoms with van der Waals surface area (Å²) < 4.78 is 0. The Hall–Kier alpha value is -0.370. The summed E-state index contributed by atoms with van der Waals surface area (Å²) in [6.45, 7) is 4.03. The normalized spacial score (nSPS) is 39.9. The molecule has 3 heteroatoms. The van der Waals surface area contributed by atoms with Crippen LogP contribution in [-0.4, -0.2) is 11.0 Å². The minimum Gasteiger partial charge on any atom is -0.299 e. The Balaban J connectivity index is 2.54. The SMILES string of the molecule is CC1(C)C2CCC(=O)[C@]1(C(=O)Cl)CC2. The Bertz CT molecular complexity index is 308. The molecular formula is C11H15ClO2. The van der Waals surface area contributed by atoms with Crippen molar-refractivity contribution in [1.82, 2.24) is 0 Å². The van der Waals surface area contributed by atoms with Crippen molar-refractivity contribution < 1.29 is 9.59 Å². The number of halogens is 1. The molecule has 0 amide bonds. The molecule has 0 aromatic carbocycles. The predicted molar refractivity (Wildman–Crippen MR) is 54.0 cm³/mol. The molecule has 2 bridgehead atoms. The van der Waals surface area contributed by atoms with Crippen molar-refractivity contribution in [1.29, 1.82) is 0 Å². The van der Waals surface area contributed by atoms with Gasteiger partial charge in [0.25, 0.3) is 0 Å². The van der Waals surface area contributed by atoms with Gasteiger partial charge >= 0.3 is 0 Å². The lowest BCUT2D eigenvalue weighted by Crippen LogP contribution is -2.50. The number of Topliss-reactive ketones (excluding diaryl/α,β-unsaturated/α-hetero) is 1. The summed E-state index contributed by atoms with van der Waals surface area (Å²) >= 11 is 5.66. The Labute approximate surface area is 89.0 Å². The average Bonchev–Trinajstić information content (AvgIpc) is 2.26. The molecule has 2 saturated carbocycles. The van der Waals surface area contributed by atoms with Crippen LogP contribution in [-0.2, 0) is 9.59 Å². The third-order valence-electron chi connectivity index (χ3n) is 4.52. The number of carbonyl (C=O) groups excluding carboxylic acids is 2. The fourth-order valence-electron chi connectivity index (χ4n) is 3.41. The fourth-order valence-corrected chi connectivity index (χ4v) is 3.85. The summed E-state index contributed by atoms with van der Waals surface area (Å²) in [7, 11) is 0. The van der Waals surface area contributed by atoms with Crippen LogP contribution in [0.2, 0.25) is 0 Å². The second-order valence-electron chi connectivity index (χ2n) is 5.10. The van der Waals surface area contributed by atoms with Crippen LogP contribution in [0.3, 0.4) is 0 Å². The molecule has 0 radical (unpaired) electrons. The highest BCUT2D eigenvalue weighted by atomic mass is 35.5. The van der Waals surface area contributed by atoms with E-state index in [1.807, 2.05) is 13.8 Å². The first-order chi connectivity index (χ1) is 6.43. The number of fused-ring (bicyclic) bond motifs is 2. The lowest BCUT2D eigenvalue weighted by molar-refractivity contribution is -0.147. The molecule has 2 nitrogen and oxygen atoms in total. The van der Waals surface area contributed by atoms with Crippen molar-refractivity contribution >= 4 is 22.6 Å². The zero-order valence-corrected chi connectivity index (χ0v) is 9.36. The van der Waals surface area contributed by atoms with Crippen LogP contribution in [0.1, 0.15) is 39.5 Å². The first-order valence-electron chi connectivity index (χ1n) is 5.16. The molecule has 2 aliphatic carbocycles. The summed E-state index contributed by atoms with van der Waals surface area (Å²) in [5, 5.41) is -0.435. The molecule has 0 heterocycles. The highest BCUT2D eigenvalue weighted by Gasteiger charge is 2.64. The monoisotopic (exact) mass is 214 g/mol. The van der Waals surface area contributed by atoms with Crippen molar-refractivity contribution in [2.75, 3.05) is 0 Å². The van der Waals surface area contributed by atoms with Crippen LogP contribution in [0.15, 0.2) is 0 Å². The molecular weight excluding hydrogens is 200 g/mol. The van der Waals surface area contributed by atoms with Gasteiger partial charge in [-0.25, -0.2) is 0 Å². The topological polar surface area (TPSA) is 34.1 Å². The molecule has 0 saturated heterocycles. The van der Waals surface area contributed by atoms with E-state index < -0.39 is 10.7 Å². The first kappa shape index (κ1) is 10.2. The maximum absolute atomic E-state index is 11.9. The van der Waals surface area contributed by atoms with Gasteiger partial charge in [-0.3, -0.25) is 9.59 Å². The Morgan fingerprint density at radius 2 is 2.07 bits per heavy atom. The molecule has 0 aromatic rings. The molecule has 2 rings (SSSR count).